The first kappa shape index (κ1) is 14.2. The number of aromatic nitrogens is 1. The van der Waals surface area contributed by atoms with E-state index in [2.05, 4.69) is 5.92 Å². The second kappa shape index (κ2) is 5.85. The zero-order valence-corrected chi connectivity index (χ0v) is 12.1. The highest BCUT2D eigenvalue weighted by Gasteiger charge is 2.09. The Bertz CT molecular complexity index is 741. The van der Waals surface area contributed by atoms with Gasteiger partial charge in [0.25, 0.3) is 5.56 Å². The molecule has 4 heteroatoms. The second-order valence-electron chi connectivity index (χ2n) is 4.40. The molecule has 1 heterocycles. The molecule has 0 aliphatic rings. The average Bonchev–Trinajstić information content (AvgIpc) is 2.44. The van der Waals surface area contributed by atoms with Crippen molar-refractivity contribution in [2.45, 2.75) is 6.92 Å². The summed E-state index contributed by atoms with van der Waals surface area (Å²) in [6.07, 6.45) is 5.14. The fourth-order valence-corrected chi connectivity index (χ4v) is 2.22. The number of halogens is 1. The first-order chi connectivity index (χ1) is 9.54. The summed E-state index contributed by atoms with van der Waals surface area (Å²) < 4.78 is 6.89. The lowest BCUT2D eigenvalue weighted by atomic mass is 10.1. The van der Waals surface area contributed by atoms with E-state index in [1.54, 1.807) is 36.7 Å². The van der Waals surface area contributed by atoms with Crippen molar-refractivity contribution in [2.24, 2.45) is 7.05 Å². The van der Waals surface area contributed by atoms with E-state index in [-0.39, 0.29) is 12.2 Å². The zero-order valence-electron chi connectivity index (χ0n) is 11.3. The minimum absolute atomic E-state index is 0.0359. The molecule has 2 rings (SSSR count). The molecular formula is C16H14ClNO2. The molecule has 0 saturated carbocycles. The van der Waals surface area contributed by atoms with Gasteiger partial charge < -0.3 is 9.30 Å². The molecular weight excluding hydrogens is 274 g/mol. The SMILES string of the molecule is C#CCOc1ccc(-c2ccc(C)c(=O)n2C)c(Cl)c1. The van der Waals surface area contributed by atoms with E-state index in [0.717, 1.165) is 11.3 Å². The van der Waals surface area contributed by atoms with Gasteiger partial charge in [0.1, 0.15) is 12.4 Å². The van der Waals surface area contributed by atoms with Gasteiger partial charge in [-0.25, -0.2) is 0 Å². The maximum Gasteiger partial charge on any atom is 0.253 e. The van der Waals surface area contributed by atoms with Gasteiger partial charge in [0, 0.05) is 18.2 Å². The average molecular weight is 288 g/mol. The van der Waals surface area contributed by atoms with Crippen LogP contribution in [0.2, 0.25) is 5.02 Å². The summed E-state index contributed by atoms with van der Waals surface area (Å²) in [6, 6.07) is 8.95. The molecule has 0 aliphatic carbocycles. The fraction of sp³-hybridized carbons (Fsp3) is 0.188. The van der Waals surface area contributed by atoms with Gasteiger partial charge in [-0.1, -0.05) is 23.6 Å². The van der Waals surface area contributed by atoms with Crippen molar-refractivity contribution >= 4 is 11.6 Å². The lowest BCUT2D eigenvalue weighted by Crippen LogP contribution is -2.20. The van der Waals surface area contributed by atoms with E-state index in [1.165, 1.54) is 0 Å². The quantitative estimate of drug-likeness (QED) is 0.813. The van der Waals surface area contributed by atoms with Crippen LogP contribution in [0.5, 0.6) is 5.75 Å². The molecule has 0 bridgehead atoms. The lowest BCUT2D eigenvalue weighted by Gasteiger charge is -2.12. The number of terminal acetylenes is 1. The van der Waals surface area contributed by atoms with Gasteiger partial charge in [0.15, 0.2) is 0 Å². The van der Waals surface area contributed by atoms with Crippen molar-refractivity contribution in [1.82, 2.24) is 4.57 Å². The summed E-state index contributed by atoms with van der Waals surface area (Å²) in [7, 11) is 1.73. The third kappa shape index (κ3) is 2.71. The highest BCUT2D eigenvalue weighted by Crippen LogP contribution is 2.30. The number of pyridine rings is 1. The molecule has 1 aromatic carbocycles. The molecule has 1 aromatic heterocycles. The topological polar surface area (TPSA) is 31.2 Å². The summed E-state index contributed by atoms with van der Waals surface area (Å²) >= 11 is 6.26. The smallest absolute Gasteiger partial charge is 0.253 e. The Kier molecular flexibility index (Phi) is 4.16. The number of ether oxygens (including phenoxy) is 1. The molecule has 0 amide bonds. The van der Waals surface area contributed by atoms with E-state index < -0.39 is 0 Å². The van der Waals surface area contributed by atoms with E-state index in [1.807, 2.05) is 12.1 Å². The summed E-state index contributed by atoms with van der Waals surface area (Å²) in [5.41, 5.74) is 2.20. The molecule has 0 N–H and O–H groups in total. The van der Waals surface area contributed by atoms with E-state index >= 15 is 0 Å². The monoisotopic (exact) mass is 287 g/mol. The third-order valence-corrected chi connectivity index (χ3v) is 3.35. The number of rotatable bonds is 3. The molecule has 0 atom stereocenters. The van der Waals surface area contributed by atoms with Gasteiger partial charge in [-0.15, -0.1) is 6.42 Å². The zero-order chi connectivity index (χ0) is 14.7. The van der Waals surface area contributed by atoms with Gasteiger partial charge in [-0.2, -0.15) is 0 Å². The highest BCUT2D eigenvalue weighted by molar-refractivity contribution is 6.33. The van der Waals surface area contributed by atoms with Gasteiger partial charge in [-0.05, 0) is 31.2 Å². The van der Waals surface area contributed by atoms with Crippen molar-refractivity contribution in [2.75, 3.05) is 6.61 Å². The van der Waals surface area contributed by atoms with Crippen LogP contribution in [0.3, 0.4) is 0 Å². The van der Waals surface area contributed by atoms with Crippen LogP contribution in [0.1, 0.15) is 5.56 Å². The van der Waals surface area contributed by atoms with Crippen LogP contribution in [0.25, 0.3) is 11.3 Å². The highest BCUT2D eigenvalue weighted by atomic mass is 35.5. The van der Waals surface area contributed by atoms with Gasteiger partial charge in [0.05, 0.1) is 10.7 Å². The number of benzene rings is 1. The number of hydrogen-bond donors (Lipinski definition) is 0. The molecule has 2 aromatic rings. The summed E-state index contributed by atoms with van der Waals surface area (Å²) in [4.78, 5) is 12.0. The maximum atomic E-state index is 12.0. The molecule has 0 fully saturated rings. The second-order valence-corrected chi connectivity index (χ2v) is 4.81. The number of nitrogens with zero attached hydrogens (tertiary/aromatic N) is 1. The molecule has 0 aliphatic heterocycles. The first-order valence-electron chi connectivity index (χ1n) is 6.07. The predicted octanol–water partition coefficient (Wildman–Crippen LogP) is 3.03. The Balaban J connectivity index is 2.47. The van der Waals surface area contributed by atoms with E-state index in [0.29, 0.717) is 16.3 Å². The maximum absolute atomic E-state index is 12.0. The molecule has 0 radical (unpaired) electrons. The molecule has 20 heavy (non-hydrogen) atoms. The molecule has 102 valence electrons. The standard InChI is InChI=1S/C16H14ClNO2/c1-4-9-20-12-6-7-13(14(17)10-12)15-8-5-11(2)16(19)18(15)3/h1,5-8,10H,9H2,2-3H3. The van der Waals surface area contributed by atoms with Crippen molar-refractivity contribution in [1.29, 1.82) is 0 Å². The minimum atomic E-state index is -0.0359. The van der Waals surface area contributed by atoms with Crippen molar-refractivity contribution in [3.63, 3.8) is 0 Å². The predicted molar refractivity (Wildman–Crippen MR) is 81.2 cm³/mol. The molecule has 0 saturated heterocycles. The van der Waals surface area contributed by atoms with Crippen LogP contribution in [-0.2, 0) is 7.05 Å². The number of hydrogen-bond acceptors (Lipinski definition) is 2. The van der Waals surface area contributed by atoms with Crippen LogP contribution in [0.15, 0.2) is 35.1 Å². The molecule has 0 spiro atoms. The largest absolute Gasteiger partial charge is 0.481 e. The normalized spacial score (nSPS) is 10.1. The Hall–Kier alpha value is -2.18. The Morgan fingerprint density at radius 3 is 2.75 bits per heavy atom. The fourth-order valence-electron chi connectivity index (χ4n) is 1.95. The summed E-state index contributed by atoms with van der Waals surface area (Å²) in [6.45, 7) is 1.98. The Morgan fingerprint density at radius 1 is 1.35 bits per heavy atom. The third-order valence-electron chi connectivity index (χ3n) is 3.03. The van der Waals surface area contributed by atoms with Crippen molar-refractivity contribution in [3.8, 4) is 29.4 Å². The molecule has 3 nitrogen and oxygen atoms in total. The van der Waals surface area contributed by atoms with Gasteiger partial charge in [-0.3, -0.25) is 4.79 Å². The van der Waals surface area contributed by atoms with Crippen LogP contribution in [-0.4, -0.2) is 11.2 Å². The lowest BCUT2D eigenvalue weighted by molar-refractivity contribution is 0.370. The minimum Gasteiger partial charge on any atom is -0.481 e. The van der Waals surface area contributed by atoms with Crippen LogP contribution in [0, 0.1) is 19.3 Å². The van der Waals surface area contributed by atoms with Crippen LogP contribution < -0.4 is 10.3 Å². The van der Waals surface area contributed by atoms with Crippen molar-refractivity contribution in [3.05, 3.63) is 51.3 Å². The van der Waals surface area contributed by atoms with Crippen LogP contribution in [0.4, 0.5) is 0 Å². The van der Waals surface area contributed by atoms with E-state index in [9.17, 15) is 4.79 Å². The summed E-state index contributed by atoms with van der Waals surface area (Å²) in [5, 5.41) is 0.512. The Labute approximate surface area is 122 Å². The first-order valence-corrected chi connectivity index (χ1v) is 6.45. The van der Waals surface area contributed by atoms with Gasteiger partial charge >= 0.3 is 0 Å². The number of aryl methyl sites for hydroxylation is 1. The van der Waals surface area contributed by atoms with Crippen LogP contribution >= 0.6 is 11.6 Å². The Morgan fingerprint density at radius 2 is 2.10 bits per heavy atom. The van der Waals surface area contributed by atoms with Crippen molar-refractivity contribution < 1.29 is 4.74 Å². The molecule has 0 unspecified atom stereocenters. The summed E-state index contributed by atoms with van der Waals surface area (Å²) in [5.74, 6) is 3.00. The van der Waals surface area contributed by atoms with Gasteiger partial charge in [0.2, 0.25) is 0 Å². The van der Waals surface area contributed by atoms with E-state index in [4.69, 9.17) is 22.8 Å².